The molecule has 1 amide bonds. The molecule has 0 aliphatic carbocycles. The largest absolute Gasteiger partial charge is 0.325 e. The average molecular weight is 449 g/mol. The third kappa shape index (κ3) is 5.11. The molecular formula is C24H24N4OS2. The maximum absolute atomic E-state index is 12.8. The topological polar surface area (TPSA) is 67.8 Å². The van der Waals surface area contributed by atoms with Gasteiger partial charge in [0.15, 0.2) is 5.16 Å². The number of aryl methyl sites for hydroxylation is 3. The molecule has 0 unspecified atom stereocenters. The number of hydrogen-bond donors (Lipinski definition) is 1. The van der Waals surface area contributed by atoms with Crippen LogP contribution in [0, 0.1) is 20.8 Å². The van der Waals surface area contributed by atoms with E-state index in [1.54, 1.807) is 11.3 Å². The molecule has 0 saturated carbocycles. The van der Waals surface area contributed by atoms with Crippen molar-refractivity contribution in [2.75, 3.05) is 5.32 Å². The number of nitrogens with zero attached hydrogens (tertiary/aromatic N) is 3. The van der Waals surface area contributed by atoms with Crippen molar-refractivity contribution in [1.29, 1.82) is 0 Å². The first-order valence-corrected chi connectivity index (χ1v) is 11.9. The summed E-state index contributed by atoms with van der Waals surface area (Å²) in [5.74, 6) is -0.0431. The Morgan fingerprint density at radius 2 is 1.71 bits per heavy atom. The van der Waals surface area contributed by atoms with E-state index in [1.165, 1.54) is 22.0 Å². The zero-order chi connectivity index (χ0) is 22.0. The fourth-order valence-electron chi connectivity index (χ4n) is 3.27. The summed E-state index contributed by atoms with van der Waals surface area (Å²) in [7, 11) is 0. The van der Waals surface area contributed by atoms with Crippen LogP contribution in [0.1, 0.15) is 30.3 Å². The van der Waals surface area contributed by atoms with Gasteiger partial charge in [0.05, 0.1) is 15.5 Å². The molecule has 1 N–H and O–H groups in total. The van der Waals surface area contributed by atoms with Gasteiger partial charge in [0.1, 0.15) is 5.01 Å². The molecule has 1 atom stereocenters. The minimum atomic E-state index is -0.256. The predicted molar refractivity (Wildman–Crippen MR) is 130 cm³/mol. The van der Waals surface area contributed by atoms with Crippen LogP contribution in [0.2, 0.25) is 0 Å². The highest BCUT2D eigenvalue weighted by Gasteiger charge is 2.20. The molecule has 0 aliphatic heterocycles. The Balaban J connectivity index is 1.46. The van der Waals surface area contributed by atoms with Crippen molar-refractivity contribution >= 4 is 44.9 Å². The van der Waals surface area contributed by atoms with Gasteiger partial charge in [-0.15, -0.1) is 11.3 Å². The van der Waals surface area contributed by atoms with Gasteiger partial charge in [0, 0.05) is 22.6 Å². The molecule has 0 saturated heterocycles. The number of thiazole rings is 1. The number of carbonyl (C=O) groups is 1. The highest BCUT2D eigenvalue weighted by molar-refractivity contribution is 8.00. The van der Waals surface area contributed by atoms with Crippen molar-refractivity contribution in [3.05, 3.63) is 65.5 Å². The second kappa shape index (κ2) is 9.16. The molecule has 0 fully saturated rings. The Bertz CT molecular complexity index is 1210. The molecule has 2 heterocycles. The first-order valence-electron chi connectivity index (χ1n) is 10.2. The van der Waals surface area contributed by atoms with Gasteiger partial charge in [-0.1, -0.05) is 24.8 Å². The highest BCUT2D eigenvalue weighted by atomic mass is 32.2. The minimum Gasteiger partial charge on any atom is -0.325 e. The smallest absolute Gasteiger partial charge is 0.237 e. The lowest BCUT2D eigenvalue weighted by Gasteiger charge is -2.14. The summed E-state index contributed by atoms with van der Waals surface area (Å²) in [6, 6.07) is 16.1. The number of aromatic nitrogens is 3. The molecule has 0 aliphatic rings. The number of thioether (sulfide) groups is 1. The fraction of sp³-hybridized carbons (Fsp3) is 0.250. The third-order valence-electron chi connectivity index (χ3n) is 4.82. The van der Waals surface area contributed by atoms with Crippen molar-refractivity contribution in [2.45, 2.75) is 44.5 Å². The standard InChI is InChI=1S/C24H24N4OS2/c1-5-20(31-24-25-15(3)13-16(4)26-24)22(29)27-18-9-7-17(8-10-18)23-28-19-11-6-14(2)12-21(19)30-23/h6-13,20H,5H2,1-4H3,(H,27,29)/t20-/m1/s1. The molecule has 7 heteroatoms. The quantitative estimate of drug-likeness (QED) is 0.281. The van der Waals surface area contributed by atoms with E-state index in [9.17, 15) is 4.79 Å². The SMILES string of the molecule is CC[C@@H](Sc1nc(C)cc(C)n1)C(=O)Nc1ccc(-c2nc3ccc(C)cc3s2)cc1. The van der Waals surface area contributed by atoms with Gasteiger partial charge in [0.2, 0.25) is 5.91 Å². The maximum atomic E-state index is 12.8. The summed E-state index contributed by atoms with van der Waals surface area (Å²) in [6.45, 7) is 7.96. The van der Waals surface area contributed by atoms with E-state index >= 15 is 0 Å². The van der Waals surface area contributed by atoms with Crippen LogP contribution >= 0.6 is 23.1 Å². The summed E-state index contributed by atoms with van der Waals surface area (Å²) >= 11 is 3.09. The number of rotatable bonds is 6. The second-order valence-corrected chi connectivity index (χ2v) is 9.71. The molecule has 5 nitrogen and oxygen atoms in total. The average Bonchev–Trinajstić information content (AvgIpc) is 3.15. The van der Waals surface area contributed by atoms with Gasteiger partial charge in [-0.2, -0.15) is 0 Å². The lowest BCUT2D eigenvalue weighted by Crippen LogP contribution is -2.24. The minimum absolute atomic E-state index is 0.0431. The molecule has 31 heavy (non-hydrogen) atoms. The van der Waals surface area contributed by atoms with E-state index in [0.717, 1.165) is 33.2 Å². The van der Waals surface area contributed by atoms with E-state index < -0.39 is 0 Å². The van der Waals surface area contributed by atoms with Crippen molar-refractivity contribution in [3.8, 4) is 10.6 Å². The van der Waals surface area contributed by atoms with E-state index in [-0.39, 0.29) is 11.2 Å². The zero-order valence-corrected chi connectivity index (χ0v) is 19.6. The Kier molecular flexibility index (Phi) is 6.34. The van der Waals surface area contributed by atoms with E-state index in [0.29, 0.717) is 11.6 Å². The maximum Gasteiger partial charge on any atom is 0.237 e. The molecule has 4 rings (SSSR count). The normalized spacial score (nSPS) is 12.1. The predicted octanol–water partition coefficient (Wildman–Crippen LogP) is 6.19. The number of amides is 1. The third-order valence-corrected chi connectivity index (χ3v) is 7.11. The van der Waals surface area contributed by atoms with Gasteiger partial charge >= 0.3 is 0 Å². The van der Waals surface area contributed by atoms with Crippen LogP contribution in [0.3, 0.4) is 0 Å². The highest BCUT2D eigenvalue weighted by Crippen LogP contribution is 2.31. The molecular weight excluding hydrogens is 424 g/mol. The fourth-order valence-corrected chi connectivity index (χ4v) is 5.32. The van der Waals surface area contributed by atoms with Crippen molar-refractivity contribution in [1.82, 2.24) is 15.0 Å². The number of carbonyl (C=O) groups excluding carboxylic acids is 1. The van der Waals surface area contributed by atoms with E-state index in [4.69, 9.17) is 4.98 Å². The van der Waals surface area contributed by atoms with Crippen LogP contribution < -0.4 is 5.32 Å². The molecule has 4 aromatic rings. The van der Waals surface area contributed by atoms with Crippen molar-refractivity contribution in [3.63, 3.8) is 0 Å². The van der Waals surface area contributed by atoms with Crippen LogP contribution in [0.5, 0.6) is 0 Å². The summed E-state index contributed by atoms with van der Waals surface area (Å²) in [4.78, 5) is 26.4. The van der Waals surface area contributed by atoms with Gasteiger partial charge < -0.3 is 5.32 Å². The number of hydrogen-bond acceptors (Lipinski definition) is 6. The first kappa shape index (κ1) is 21.5. The van der Waals surface area contributed by atoms with E-state index in [1.807, 2.05) is 51.1 Å². The number of anilines is 1. The Hall–Kier alpha value is -2.77. The van der Waals surface area contributed by atoms with Crippen molar-refractivity contribution in [2.24, 2.45) is 0 Å². The number of nitrogens with one attached hydrogen (secondary N) is 1. The van der Waals surface area contributed by atoms with Crippen LogP contribution in [0.25, 0.3) is 20.8 Å². The van der Waals surface area contributed by atoms with E-state index in [2.05, 4.69) is 40.4 Å². The van der Waals surface area contributed by atoms with Crippen LogP contribution in [-0.2, 0) is 4.79 Å². The summed E-state index contributed by atoms with van der Waals surface area (Å²) < 4.78 is 1.18. The Labute approximate surface area is 190 Å². The first-order chi connectivity index (χ1) is 14.9. The Morgan fingerprint density at radius 1 is 1.00 bits per heavy atom. The van der Waals surface area contributed by atoms with Gasteiger partial charge in [-0.05, 0) is 75.2 Å². The Morgan fingerprint density at radius 3 is 2.39 bits per heavy atom. The van der Waals surface area contributed by atoms with Crippen LogP contribution in [0.15, 0.2) is 53.7 Å². The summed E-state index contributed by atoms with van der Waals surface area (Å²) in [5, 5.41) is 4.39. The van der Waals surface area contributed by atoms with Crippen LogP contribution in [0.4, 0.5) is 5.69 Å². The molecule has 0 spiro atoms. The van der Waals surface area contributed by atoms with Gasteiger partial charge in [-0.25, -0.2) is 15.0 Å². The van der Waals surface area contributed by atoms with Crippen LogP contribution in [-0.4, -0.2) is 26.1 Å². The van der Waals surface area contributed by atoms with Crippen molar-refractivity contribution < 1.29 is 4.79 Å². The summed E-state index contributed by atoms with van der Waals surface area (Å²) in [6.07, 6.45) is 0.691. The lowest BCUT2D eigenvalue weighted by molar-refractivity contribution is -0.115. The molecule has 158 valence electrons. The molecule has 0 radical (unpaired) electrons. The second-order valence-electron chi connectivity index (χ2n) is 7.50. The molecule has 0 bridgehead atoms. The lowest BCUT2D eigenvalue weighted by atomic mass is 10.2. The monoisotopic (exact) mass is 448 g/mol. The molecule has 2 aromatic heterocycles. The van der Waals surface area contributed by atoms with Gasteiger partial charge in [-0.3, -0.25) is 4.79 Å². The zero-order valence-electron chi connectivity index (χ0n) is 18.0. The number of fused-ring (bicyclic) bond motifs is 1. The number of benzene rings is 2. The molecule has 2 aromatic carbocycles. The van der Waals surface area contributed by atoms with Gasteiger partial charge in [0.25, 0.3) is 0 Å². The summed E-state index contributed by atoms with van der Waals surface area (Å²) in [5.41, 5.74) is 5.87.